The second kappa shape index (κ2) is 3.21. The summed E-state index contributed by atoms with van der Waals surface area (Å²) in [6.45, 7) is 1.65. The van der Waals surface area contributed by atoms with Gasteiger partial charge in [0.05, 0.1) is 0 Å². The van der Waals surface area contributed by atoms with Crippen LogP contribution in [0.15, 0.2) is 4.99 Å². The van der Waals surface area contributed by atoms with E-state index in [1.807, 2.05) is 0 Å². The summed E-state index contributed by atoms with van der Waals surface area (Å²) in [4.78, 5) is 12.9. The molecule has 0 radical (unpaired) electrons. The zero-order valence-electron chi connectivity index (χ0n) is 4.01. The van der Waals surface area contributed by atoms with Gasteiger partial charge in [-0.2, -0.15) is 0 Å². The van der Waals surface area contributed by atoms with Crippen molar-refractivity contribution in [2.24, 2.45) is 4.99 Å². The monoisotopic (exact) mass is 98.0 g/mol. The molecule has 0 saturated carbocycles. The number of hydrogen-bond donors (Lipinski definition) is 1. The molecule has 7 heavy (non-hydrogen) atoms. The lowest BCUT2D eigenvalue weighted by Crippen LogP contribution is -1.89. The molecule has 0 aliphatic heterocycles. The first-order valence-electron chi connectivity index (χ1n) is 1.83. The fraction of sp³-hybridized carbons (Fsp3) is 0.250. The molecule has 0 aromatic carbocycles. The van der Waals surface area contributed by atoms with Gasteiger partial charge < -0.3 is 0 Å². The predicted octanol–water partition coefficient (Wildman–Crippen LogP) is 0.253. The lowest BCUT2D eigenvalue weighted by molar-refractivity contribution is -0.102. The first-order valence-corrected chi connectivity index (χ1v) is 1.83. The van der Waals surface area contributed by atoms with Gasteiger partial charge in [0.1, 0.15) is 0 Å². The van der Waals surface area contributed by atoms with Gasteiger partial charge >= 0.3 is 0 Å². The van der Waals surface area contributed by atoms with Gasteiger partial charge in [0.25, 0.3) is 0 Å². The van der Waals surface area contributed by atoms with E-state index < -0.39 is 0 Å². The number of nitrogens with one attached hydrogen (secondary N) is 1. The minimum atomic E-state index is -0.234. The van der Waals surface area contributed by atoms with Crippen molar-refractivity contribution in [1.29, 1.82) is 5.41 Å². The Hall–Kier alpha value is -0.990. The molecule has 0 aliphatic rings. The molecule has 0 aliphatic carbocycles. The van der Waals surface area contributed by atoms with E-state index in [2.05, 4.69) is 4.99 Å². The third kappa shape index (κ3) is 2.82. The Kier molecular flexibility index (Phi) is 2.76. The first kappa shape index (κ1) is 6.01. The normalized spacial score (nSPS) is 9.29. The van der Waals surface area contributed by atoms with Crippen LogP contribution >= 0.6 is 0 Å². The molecule has 0 saturated heterocycles. The van der Waals surface area contributed by atoms with Gasteiger partial charge in [-0.15, -0.1) is 0 Å². The van der Waals surface area contributed by atoms with Crippen molar-refractivity contribution in [1.82, 2.24) is 0 Å². The molecule has 0 bridgehead atoms. The van der Waals surface area contributed by atoms with Crippen LogP contribution in [0.5, 0.6) is 0 Å². The fourth-order valence-electron chi connectivity index (χ4n) is 0.170. The number of aldehydes is 1. The Morgan fingerprint density at radius 1 is 1.86 bits per heavy atom. The molecule has 0 atom stereocenters. The van der Waals surface area contributed by atoms with Gasteiger partial charge in [0.2, 0.25) is 0 Å². The highest BCUT2D eigenvalue weighted by atomic mass is 16.1. The van der Waals surface area contributed by atoms with Gasteiger partial charge in [-0.3, -0.25) is 10.2 Å². The van der Waals surface area contributed by atoms with Crippen LogP contribution in [-0.4, -0.2) is 18.3 Å². The van der Waals surface area contributed by atoms with Crippen LogP contribution in [0.2, 0.25) is 0 Å². The van der Waals surface area contributed by atoms with Crippen LogP contribution in [0.1, 0.15) is 6.92 Å². The topological polar surface area (TPSA) is 53.3 Å². The third-order valence-electron chi connectivity index (χ3n) is 0.380. The molecule has 0 amide bonds. The molecule has 0 unspecified atom stereocenters. The summed E-state index contributed by atoms with van der Waals surface area (Å²) in [6, 6.07) is 0. The molecule has 38 valence electrons. The summed E-state index contributed by atoms with van der Waals surface area (Å²) in [5.41, 5.74) is 0. The van der Waals surface area contributed by atoms with E-state index in [-0.39, 0.29) is 5.84 Å². The van der Waals surface area contributed by atoms with E-state index in [0.29, 0.717) is 6.29 Å². The number of hydrogen-bond acceptors (Lipinski definition) is 2. The molecule has 0 spiro atoms. The highest BCUT2D eigenvalue weighted by molar-refractivity contribution is 6.27. The highest BCUT2D eigenvalue weighted by Crippen LogP contribution is 1.63. The van der Waals surface area contributed by atoms with Crippen molar-refractivity contribution in [3.05, 3.63) is 0 Å². The Bertz CT molecular complexity index is 106. The fourth-order valence-corrected chi connectivity index (χ4v) is 0.170. The molecular formula is C4H6N2O. The number of rotatable bonds is 1. The van der Waals surface area contributed by atoms with E-state index >= 15 is 0 Å². The molecule has 0 aromatic heterocycles. The smallest absolute Gasteiger partial charge is 0.186 e. The van der Waals surface area contributed by atoms with Gasteiger partial charge in [-0.05, 0) is 6.92 Å². The molecular weight excluding hydrogens is 92.1 g/mol. The maximum Gasteiger partial charge on any atom is 0.186 e. The number of aliphatic imine (C=N–C) groups is 1. The molecule has 3 nitrogen and oxygen atoms in total. The van der Waals surface area contributed by atoms with Crippen molar-refractivity contribution in [3.63, 3.8) is 0 Å². The molecule has 0 fully saturated rings. The first-order chi connectivity index (χ1) is 3.31. The zero-order chi connectivity index (χ0) is 5.70. The second-order valence-electron chi connectivity index (χ2n) is 0.890. The molecule has 1 N–H and O–H groups in total. The minimum Gasteiger partial charge on any atom is -0.294 e. The Morgan fingerprint density at radius 2 is 2.43 bits per heavy atom. The molecule has 3 heteroatoms. The Labute approximate surface area is 41.6 Å². The summed E-state index contributed by atoms with van der Waals surface area (Å²) in [6.07, 6.45) is 1.79. The van der Waals surface area contributed by atoms with Crippen LogP contribution < -0.4 is 0 Å². The van der Waals surface area contributed by atoms with Crippen LogP contribution in [0.3, 0.4) is 0 Å². The lowest BCUT2D eigenvalue weighted by atomic mass is 10.7. The maximum atomic E-state index is 9.56. The summed E-state index contributed by atoms with van der Waals surface area (Å²) in [5.74, 6) is -0.234. The van der Waals surface area contributed by atoms with Crippen molar-refractivity contribution in [3.8, 4) is 0 Å². The minimum absolute atomic E-state index is 0.234. The van der Waals surface area contributed by atoms with Gasteiger partial charge in [0, 0.05) is 6.21 Å². The zero-order valence-corrected chi connectivity index (χ0v) is 4.01. The van der Waals surface area contributed by atoms with Crippen LogP contribution in [0, 0.1) is 5.41 Å². The lowest BCUT2D eigenvalue weighted by Gasteiger charge is -1.73. The van der Waals surface area contributed by atoms with Crippen molar-refractivity contribution in [2.75, 3.05) is 0 Å². The van der Waals surface area contributed by atoms with E-state index in [0.717, 1.165) is 0 Å². The number of amidine groups is 1. The van der Waals surface area contributed by atoms with Crippen LogP contribution in [0.25, 0.3) is 0 Å². The van der Waals surface area contributed by atoms with Crippen molar-refractivity contribution < 1.29 is 4.79 Å². The standard InChI is InChI=1S/C4H6N2O/c1-2-6-4(5)3-7/h2-3,5H,1H3. The number of carbonyl (C=O) groups excluding carboxylic acids is 1. The SMILES string of the molecule is CC=NC(=N)C=O. The van der Waals surface area contributed by atoms with Crippen LogP contribution in [-0.2, 0) is 4.79 Å². The second-order valence-corrected chi connectivity index (χ2v) is 0.890. The molecule has 0 aromatic rings. The largest absolute Gasteiger partial charge is 0.294 e. The number of nitrogens with zero attached hydrogens (tertiary/aromatic N) is 1. The van der Waals surface area contributed by atoms with E-state index in [1.54, 1.807) is 6.92 Å². The van der Waals surface area contributed by atoms with Crippen LogP contribution in [0.4, 0.5) is 0 Å². The third-order valence-corrected chi connectivity index (χ3v) is 0.380. The Morgan fingerprint density at radius 3 is 2.57 bits per heavy atom. The Balaban J connectivity index is 3.58. The maximum absolute atomic E-state index is 9.56. The summed E-state index contributed by atoms with van der Waals surface area (Å²) in [5, 5.41) is 6.57. The summed E-state index contributed by atoms with van der Waals surface area (Å²) >= 11 is 0. The van der Waals surface area contributed by atoms with Gasteiger partial charge in [0.15, 0.2) is 12.1 Å². The average molecular weight is 98.1 g/mol. The van der Waals surface area contributed by atoms with E-state index in [9.17, 15) is 4.79 Å². The quantitative estimate of drug-likeness (QED) is 0.285. The molecule has 0 rings (SSSR count). The predicted molar refractivity (Wildman–Crippen MR) is 28.0 cm³/mol. The van der Waals surface area contributed by atoms with Crippen molar-refractivity contribution in [2.45, 2.75) is 6.92 Å². The van der Waals surface area contributed by atoms with E-state index in [4.69, 9.17) is 5.41 Å². The summed E-state index contributed by atoms with van der Waals surface area (Å²) in [7, 11) is 0. The van der Waals surface area contributed by atoms with Gasteiger partial charge in [-0.1, -0.05) is 0 Å². The van der Waals surface area contributed by atoms with Gasteiger partial charge in [-0.25, -0.2) is 4.99 Å². The summed E-state index contributed by atoms with van der Waals surface area (Å²) < 4.78 is 0. The number of carbonyl (C=O) groups is 1. The van der Waals surface area contributed by atoms with Crippen molar-refractivity contribution >= 4 is 18.3 Å². The average Bonchev–Trinajstić information content (AvgIpc) is 1.68. The van der Waals surface area contributed by atoms with E-state index in [1.165, 1.54) is 6.21 Å². The molecule has 0 heterocycles. The highest BCUT2D eigenvalue weighted by Gasteiger charge is 1.79.